The summed E-state index contributed by atoms with van der Waals surface area (Å²) in [7, 11) is 0.251. The second-order valence-corrected chi connectivity index (χ2v) is 7.53. The number of ether oxygens (including phenoxy) is 2. The molecule has 3 aromatic rings. The van der Waals surface area contributed by atoms with Crippen LogP contribution in [0.15, 0.2) is 78.9 Å². The van der Waals surface area contributed by atoms with E-state index >= 15 is 0 Å². The summed E-state index contributed by atoms with van der Waals surface area (Å²) >= 11 is 0. The Morgan fingerprint density at radius 1 is 0.750 bits per heavy atom. The third-order valence-corrected chi connectivity index (χ3v) is 5.00. The van der Waals surface area contributed by atoms with E-state index in [1.807, 2.05) is 85.8 Å². The smallest absolute Gasteiger partial charge is 0.181 e. The summed E-state index contributed by atoms with van der Waals surface area (Å²) in [6.45, 7) is 2.75. The van der Waals surface area contributed by atoms with Crippen molar-refractivity contribution in [2.45, 2.75) is 20.1 Å². The van der Waals surface area contributed by atoms with Crippen LogP contribution in [0.25, 0.3) is 0 Å². The second-order valence-electron chi connectivity index (χ2n) is 6.01. The van der Waals surface area contributed by atoms with Crippen molar-refractivity contribution in [2.75, 3.05) is 6.16 Å². The average molecular weight is 385 g/mol. The van der Waals surface area contributed by atoms with E-state index in [-0.39, 0.29) is 33.0 Å². The maximum absolute atomic E-state index is 12.8. The first-order valence-corrected chi connectivity index (χ1v) is 10.2. The molecule has 28 heavy (non-hydrogen) atoms. The van der Waals surface area contributed by atoms with Gasteiger partial charge in [-0.15, -0.1) is 0 Å². The minimum atomic E-state index is 0. The van der Waals surface area contributed by atoms with Gasteiger partial charge in [0.2, 0.25) is 0 Å². The molecular formula is C23H23LiO3P. The Balaban J connectivity index is 0.00000280. The number of hydrogen-bond acceptors (Lipinski definition) is 3. The van der Waals surface area contributed by atoms with Gasteiger partial charge in [0.05, 0.1) is 0 Å². The fraction of sp³-hybridized carbons (Fsp3) is 0.174. The van der Waals surface area contributed by atoms with Crippen LogP contribution in [0.5, 0.6) is 11.5 Å². The Bertz CT molecular complexity index is 808. The molecule has 3 aromatic carbocycles. The van der Waals surface area contributed by atoms with E-state index in [0.29, 0.717) is 13.2 Å². The topological polar surface area (TPSA) is 35.5 Å². The van der Waals surface area contributed by atoms with Crippen LogP contribution >= 0.6 is 8.58 Å². The Labute approximate surface area is 180 Å². The van der Waals surface area contributed by atoms with Gasteiger partial charge in [0.25, 0.3) is 0 Å². The zero-order chi connectivity index (χ0) is 18.9. The maximum atomic E-state index is 12.8. The largest absolute Gasteiger partial charge is 0.489 e. The molecule has 0 N–H and O–H groups in total. The molecule has 0 aliphatic heterocycles. The predicted molar refractivity (Wildman–Crippen MR) is 117 cm³/mol. The summed E-state index contributed by atoms with van der Waals surface area (Å²) in [5.74, 6) is 1.58. The van der Waals surface area contributed by atoms with Gasteiger partial charge in [0.15, 0.2) is 5.52 Å². The molecule has 0 bridgehead atoms. The summed E-state index contributed by atoms with van der Waals surface area (Å²) in [4.78, 5) is 12.8. The minimum absolute atomic E-state index is 0. The number of hydrogen-bond donors (Lipinski definition) is 0. The monoisotopic (exact) mass is 385 g/mol. The van der Waals surface area contributed by atoms with Crippen molar-refractivity contribution < 1.29 is 14.3 Å². The van der Waals surface area contributed by atoms with Crippen molar-refractivity contribution in [3.8, 4) is 11.5 Å². The quantitative estimate of drug-likeness (QED) is 0.370. The molecule has 1 unspecified atom stereocenters. The summed E-state index contributed by atoms with van der Waals surface area (Å²) in [5, 5.41) is 0. The standard InChI is InChI=1S/C23H23O3P.Li/c1-2-27-23(24)22-18(16-25-20-12-5-3-6-13-20)10-9-11-19(22)17-26-21-14-7-4-8-15-21;/h3-15,27H,2,16-17H2,1H3;. The zero-order valence-electron chi connectivity index (χ0n) is 16.4. The van der Waals surface area contributed by atoms with Gasteiger partial charge in [-0.2, -0.15) is 0 Å². The van der Waals surface area contributed by atoms with Gasteiger partial charge in [-0.25, -0.2) is 0 Å². The Hall–Kier alpha value is -2.04. The Morgan fingerprint density at radius 3 is 1.64 bits per heavy atom. The van der Waals surface area contributed by atoms with Crippen LogP contribution in [-0.4, -0.2) is 30.5 Å². The van der Waals surface area contributed by atoms with Crippen LogP contribution in [-0.2, 0) is 13.2 Å². The molecule has 0 aliphatic carbocycles. The third kappa shape index (κ3) is 6.25. The maximum Gasteiger partial charge on any atom is 0.181 e. The zero-order valence-corrected chi connectivity index (χ0v) is 17.4. The molecule has 0 amide bonds. The van der Waals surface area contributed by atoms with Crippen LogP contribution in [0, 0.1) is 0 Å². The third-order valence-electron chi connectivity index (χ3n) is 4.08. The number of rotatable bonds is 9. The molecule has 3 nitrogen and oxygen atoms in total. The van der Waals surface area contributed by atoms with E-state index in [4.69, 9.17) is 9.47 Å². The van der Waals surface area contributed by atoms with Gasteiger partial charge < -0.3 is 9.47 Å². The molecule has 3 rings (SSSR count). The molecule has 1 atom stereocenters. The Morgan fingerprint density at radius 2 is 1.21 bits per heavy atom. The second kappa shape index (κ2) is 11.7. The summed E-state index contributed by atoms with van der Waals surface area (Å²) < 4.78 is 11.8. The molecule has 0 heterocycles. The summed E-state index contributed by atoms with van der Waals surface area (Å²) in [6.07, 6.45) is 0.839. The van der Waals surface area contributed by atoms with E-state index in [2.05, 4.69) is 0 Å². The normalized spacial score (nSPS) is 10.5. The van der Waals surface area contributed by atoms with Crippen LogP contribution in [0.4, 0.5) is 0 Å². The van der Waals surface area contributed by atoms with Crippen LogP contribution in [0.3, 0.4) is 0 Å². The Kier molecular flexibility index (Phi) is 9.31. The summed E-state index contributed by atoms with van der Waals surface area (Å²) in [6, 6.07) is 25.2. The van der Waals surface area contributed by atoms with E-state index < -0.39 is 0 Å². The van der Waals surface area contributed by atoms with E-state index in [1.54, 1.807) is 0 Å². The minimum Gasteiger partial charge on any atom is -0.489 e. The van der Waals surface area contributed by atoms with Crippen molar-refractivity contribution in [3.05, 3.63) is 95.6 Å². The first-order valence-electron chi connectivity index (χ1n) is 9.02. The molecule has 0 saturated carbocycles. The predicted octanol–water partition coefficient (Wildman–Crippen LogP) is 5.30. The van der Waals surface area contributed by atoms with Crippen molar-refractivity contribution in [3.63, 3.8) is 0 Å². The molecule has 0 aliphatic rings. The van der Waals surface area contributed by atoms with E-state index in [1.165, 1.54) is 0 Å². The fourth-order valence-corrected chi connectivity index (χ4v) is 3.61. The number of benzene rings is 3. The van der Waals surface area contributed by atoms with Gasteiger partial charge in [-0.05, 0) is 39.0 Å². The van der Waals surface area contributed by atoms with E-state index in [0.717, 1.165) is 34.4 Å². The molecule has 0 aromatic heterocycles. The van der Waals surface area contributed by atoms with Gasteiger partial charge in [-0.3, -0.25) is 4.79 Å². The molecule has 0 spiro atoms. The van der Waals surface area contributed by atoms with Crippen LogP contribution < -0.4 is 9.47 Å². The van der Waals surface area contributed by atoms with Gasteiger partial charge in [-0.1, -0.05) is 61.5 Å². The van der Waals surface area contributed by atoms with Crippen molar-refractivity contribution in [2.24, 2.45) is 0 Å². The van der Waals surface area contributed by atoms with Crippen molar-refractivity contribution >= 4 is 33.0 Å². The van der Waals surface area contributed by atoms with Gasteiger partial charge >= 0.3 is 0 Å². The fourth-order valence-electron chi connectivity index (χ4n) is 2.79. The van der Waals surface area contributed by atoms with Crippen molar-refractivity contribution in [1.29, 1.82) is 0 Å². The molecular weight excluding hydrogens is 362 g/mol. The summed E-state index contributed by atoms with van der Waals surface area (Å²) in [5.41, 5.74) is 2.71. The first-order chi connectivity index (χ1) is 13.3. The first kappa shape index (κ1) is 22.2. The van der Waals surface area contributed by atoms with Gasteiger partial charge in [0, 0.05) is 35.6 Å². The van der Waals surface area contributed by atoms with E-state index in [9.17, 15) is 4.79 Å². The molecule has 0 saturated heterocycles. The van der Waals surface area contributed by atoms with Gasteiger partial charge in [0.1, 0.15) is 24.7 Å². The molecule has 1 radical (unpaired) electrons. The average Bonchev–Trinajstić information content (AvgIpc) is 2.72. The number of carbonyl (C=O) groups is 1. The number of para-hydroxylation sites is 2. The van der Waals surface area contributed by atoms with Crippen molar-refractivity contribution in [1.82, 2.24) is 0 Å². The molecule has 139 valence electrons. The molecule has 0 fully saturated rings. The van der Waals surface area contributed by atoms with Crippen LogP contribution in [0.2, 0.25) is 0 Å². The number of carbonyl (C=O) groups excluding carboxylic acids is 1. The van der Waals surface area contributed by atoms with Crippen LogP contribution in [0.1, 0.15) is 28.4 Å². The SMILES string of the molecule is CCPC(=O)c1c(COc2ccccc2)cccc1COc1ccccc1.[Li]. The molecule has 5 heteroatoms.